The number of H-pyrrole nitrogens is 1. The van der Waals surface area contributed by atoms with Gasteiger partial charge in [0.1, 0.15) is 41.9 Å². The Labute approximate surface area is 228 Å². The zero-order chi connectivity index (χ0) is 27.5. The minimum atomic E-state index is -1.06. The largest absolute Gasteiger partial charge is 0.387 e. The maximum absolute atomic E-state index is 10.8. The van der Waals surface area contributed by atoms with Crippen LogP contribution >= 0.6 is 0 Å². The zero-order valence-electron chi connectivity index (χ0n) is 23.1. The molecule has 208 valence electrons. The molecule has 4 aromatic rings. The number of hydrogen-bond donors (Lipinski definition) is 4. The highest BCUT2D eigenvalue weighted by atomic mass is 16.6. The Hall–Kier alpha value is -3.05. The number of aromatic nitrogens is 5. The first-order chi connectivity index (χ1) is 18.6. The quantitative estimate of drug-likeness (QED) is 0.284. The number of aromatic amines is 1. The predicted octanol–water partition coefficient (Wildman–Crippen LogP) is 3.15. The lowest BCUT2D eigenvalue weighted by Gasteiger charge is -2.42. The number of nitrogens with zero attached hydrogens (tertiary/aromatic N) is 5. The second kappa shape index (κ2) is 9.85. The fourth-order valence-corrected chi connectivity index (χ4v) is 6.02. The van der Waals surface area contributed by atoms with Crippen LogP contribution in [0.25, 0.3) is 22.1 Å². The Morgan fingerprint density at radius 2 is 1.95 bits per heavy atom. The first-order valence-corrected chi connectivity index (χ1v) is 13.9. The van der Waals surface area contributed by atoms with Gasteiger partial charge in [0.25, 0.3) is 0 Å². The first-order valence-electron chi connectivity index (χ1n) is 13.9. The highest BCUT2D eigenvalue weighted by molar-refractivity contribution is 5.86. The fourth-order valence-electron chi connectivity index (χ4n) is 6.02. The maximum atomic E-state index is 10.8. The molecule has 0 amide bonds. The van der Waals surface area contributed by atoms with Crippen LogP contribution in [0.1, 0.15) is 57.6 Å². The Morgan fingerprint density at radius 1 is 1.15 bits per heavy atom. The molecule has 0 bridgehead atoms. The molecule has 2 aliphatic rings. The van der Waals surface area contributed by atoms with Gasteiger partial charge in [0, 0.05) is 25.2 Å². The zero-order valence-corrected chi connectivity index (χ0v) is 23.1. The summed E-state index contributed by atoms with van der Waals surface area (Å²) in [5, 5.41) is 22.3. The monoisotopic (exact) mass is 533 g/mol. The topological polar surface area (TPSA) is 138 Å². The fraction of sp³-hybridized carbons (Fsp3) is 0.552. The van der Waals surface area contributed by atoms with Crippen LogP contribution in [0, 0.1) is 5.92 Å². The van der Waals surface area contributed by atoms with Gasteiger partial charge in [0.05, 0.1) is 16.4 Å². The second-order valence-corrected chi connectivity index (χ2v) is 12.4. The summed E-state index contributed by atoms with van der Waals surface area (Å²) in [5.41, 5.74) is 10.1. The highest BCUT2D eigenvalue weighted by Crippen LogP contribution is 2.37. The van der Waals surface area contributed by atoms with Gasteiger partial charge in [-0.3, -0.25) is 0 Å². The van der Waals surface area contributed by atoms with Gasteiger partial charge in [-0.2, -0.15) is 0 Å². The molecule has 1 aliphatic carbocycles. The van der Waals surface area contributed by atoms with Crippen molar-refractivity contribution in [2.45, 2.75) is 82.5 Å². The Bertz CT molecular complexity index is 1470. The SMILES string of the molecule is CN(C[C@H]1O[C@@H](n2ccc3c(N)ncnc32)[C@@H](O)[C@H]1O)C1CC(CCc2nc3ccc(C(C)(C)C)cc3[nH]2)C1. The number of anilines is 1. The van der Waals surface area contributed by atoms with E-state index in [-0.39, 0.29) is 5.41 Å². The van der Waals surface area contributed by atoms with Crippen molar-refractivity contribution in [2.24, 2.45) is 5.92 Å². The molecule has 4 atom stereocenters. The van der Waals surface area contributed by atoms with Crippen molar-refractivity contribution < 1.29 is 14.9 Å². The maximum Gasteiger partial charge on any atom is 0.164 e. The number of hydrogen-bond acceptors (Lipinski definition) is 8. The van der Waals surface area contributed by atoms with Crippen LogP contribution in [-0.4, -0.2) is 77.6 Å². The molecule has 1 saturated heterocycles. The van der Waals surface area contributed by atoms with E-state index in [1.54, 1.807) is 16.8 Å². The molecule has 1 aliphatic heterocycles. The third-order valence-electron chi connectivity index (χ3n) is 8.64. The molecular weight excluding hydrogens is 494 g/mol. The first kappa shape index (κ1) is 26.2. The molecule has 4 heterocycles. The Morgan fingerprint density at radius 3 is 2.72 bits per heavy atom. The van der Waals surface area contributed by atoms with Crippen LogP contribution in [0.2, 0.25) is 0 Å². The van der Waals surface area contributed by atoms with E-state index in [1.165, 1.54) is 11.9 Å². The molecular formula is C29H39N7O3. The van der Waals surface area contributed by atoms with Crippen molar-refractivity contribution >= 4 is 27.9 Å². The van der Waals surface area contributed by atoms with Crippen LogP contribution in [0.3, 0.4) is 0 Å². The summed E-state index contributed by atoms with van der Waals surface area (Å²) in [5.74, 6) is 2.08. The van der Waals surface area contributed by atoms with Crippen molar-refractivity contribution in [3.63, 3.8) is 0 Å². The number of rotatable bonds is 7. The van der Waals surface area contributed by atoms with Crippen molar-refractivity contribution in [1.29, 1.82) is 0 Å². The highest BCUT2D eigenvalue weighted by Gasteiger charge is 2.45. The van der Waals surface area contributed by atoms with Crippen LogP contribution in [0.15, 0.2) is 36.8 Å². The standard InChI is InChI=1S/C29H39N7O3/c1-29(2,3)17-6-7-20-21(13-17)34-23(33-20)8-5-16-11-18(12-16)35(4)14-22-24(37)25(38)28(39-22)36-10-9-19-26(30)31-15-32-27(19)36/h6-7,9-10,13,15-16,18,22,24-25,28,37-38H,5,8,11-12,14H2,1-4H3,(H,33,34)(H2,30,31,32)/t16?,18?,22-,24+,25+,28-/m1/s1. The lowest BCUT2D eigenvalue weighted by atomic mass is 9.76. The summed E-state index contributed by atoms with van der Waals surface area (Å²) in [6.07, 6.45) is 4.14. The summed E-state index contributed by atoms with van der Waals surface area (Å²) in [6, 6.07) is 8.76. The van der Waals surface area contributed by atoms with E-state index in [0.29, 0.717) is 35.4 Å². The van der Waals surface area contributed by atoms with Gasteiger partial charge in [0.2, 0.25) is 0 Å². The van der Waals surface area contributed by atoms with Gasteiger partial charge in [0.15, 0.2) is 6.23 Å². The minimum Gasteiger partial charge on any atom is -0.387 e. The predicted molar refractivity (Wildman–Crippen MR) is 150 cm³/mol. The van der Waals surface area contributed by atoms with Crippen molar-refractivity contribution in [2.75, 3.05) is 19.3 Å². The molecule has 6 rings (SSSR count). The molecule has 0 unspecified atom stereocenters. The number of nitrogens with one attached hydrogen (secondary N) is 1. The average molecular weight is 534 g/mol. The summed E-state index contributed by atoms with van der Waals surface area (Å²) in [6.45, 7) is 7.23. The van der Waals surface area contributed by atoms with Crippen LogP contribution in [0.4, 0.5) is 5.82 Å². The number of aliphatic hydroxyl groups excluding tert-OH is 2. The smallest absolute Gasteiger partial charge is 0.164 e. The molecule has 10 nitrogen and oxygen atoms in total. The summed E-state index contributed by atoms with van der Waals surface area (Å²) in [4.78, 5) is 18.9. The summed E-state index contributed by atoms with van der Waals surface area (Å²) >= 11 is 0. The van der Waals surface area contributed by atoms with E-state index in [0.717, 1.165) is 42.5 Å². The lowest BCUT2D eigenvalue weighted by Crippen LogP contribution is -2.47. The van der Waals surface area contributed by atoms with Gasteiger partial charge in [-0.05, 0) is 61.4 Å². The molecule has 0 radical (unpaired) electrons. The van der Waals surface area contributed by atoms with Crippen LogP contribution < -0.4 is 5.73 Å². The normalized spacial score (nSPS) is 27.6. The van der Waals surface area contributed by atoms with Crippen LogP contribution in [0.5, 0.6) is 0 Å². The Kier molecular flexibility index (Phi) is 6.61. The average Bonchev–Trinajstić information content (AvgIpc) is 3.54. The number of benzene rings is 1. The third kappa shape index (κ3) is 4.91. The van der Waals surface area contributed by atoms with Gasteiger partial charge < -0.3 is 35.1 Å². The molecule has 2 fully saturated rings. The molecule has 5 N–H and O–H groups in total. The van der Waals surface area contributed by atoms with Crippen molar-refractivity contribution in [3.05, 3.63) is 48.2 Å². The van der Waals surface area contributed by atoms with E-state index in [1.807, 2.05) is 0 Å². The van der Waals surface area contributed by atoms with E-state index in [9.17, 15) is 10.2 Å². The second-order valence-electron chi connectivity index (χ2n) is 12.4. The van der Waals surface area contributed by atoms with E-state index < -0.39 is 24.5 Å². The lowest BCUT2D eigenvalue weighted by molar-refractivity contribution is -0.0512. The third-order valence-corrected chi connectivity index (χ3v) is 8.64. The van der Waals surface area contributed by atoms with E-state index in [4.69, 9.17) is 15.5 Å². The number of likely N-dealkylation sites (N-methyl/N-ethyl adjacent to an activating group) is 1. The van der Waals surface area contributed by atoms with E-state index >= 15 is 0 Å². The summed E-state index contributed by atoms with van der Waals surface area (Å²) in [7, 11) is 2.07. The number of aryl methyl sites for hydroxylation is 1. The van der Waals surface area contributed by atoms with E-state index in [2.05, 4.69) is 65.9 Å². The minimum absolute atomic E-state index is 0.116. The van der Waals surface area contributed by atoms with Crippen molar-refractivity contribution in [3.8, 4) is 0 Å². The van der Waals surface area contributed by atoms with Gasteiger partial charge in [-0.1, -0.05) is 26.8 Å². The van der Waals surface area contributed by atoms with Gasteiger partial charge in [-0.25, -0.2) is 15.0 Å². The number of fused-ring (bicyclic) bond motifs is 2. The number of nitrogen functional groups attached to an aromatic ring is 1. The molecule has 10 heteroatoms. The number of nitrogens with two attached hydrogens (primary N) is 1. The molecule has 3 aromatic heterocycles. The Balaban J connectivity index is 1.01. The molecule has 1 aromatic carbocycles. The summed E-state index contributed by atoms with van der Waals surface area (Å²) < 4.78 is 7.89. The number of imidazole rings is 1. The number of aliphatic hydroxyl groups is 2. The molecule has 0 spiro atoms. The molecule has 1 saturated carbocycles. The number of ether oxygens (including phenoxy) is 1. The van der Waals surface area contributed by atoms with Crippen LogP contribution in [-0.2, 0) is 16.6 Å². The van der Waals surface area contributed by atoms with Crippen molar-refractivity contribution in [1.82, 2.24) is 29.4 Å². The van der Waals surface area contributed by atoms with Gasteiger partial charge >= 0.3 is 0 Å². The van der Waals surface area contributed by atoms with Gasteiger partial charge in [-0.15, -0.1) is 0 Å². The molecule has 39 heavy (non-hydrogen) atoms.